The number of halogens is 1. The highest BCUT2D eigenvalue weighted by Crippen LogP contribution is 2.21. The Labute approximate surface area is 127 Å². The fraction of sp³-hybridized carbons (Fsp3) is 0.0667. The van der Waals surface area contributed by atoms with Crippen molar-refractivity contribution in [3.05, 3.63) is 64.7 Å². The van der Waals surface area contributed by atoms with Gasteiger partial charge in [-0.2, -0.15) is 0 Å². The summed E-state index contributed by atoms with van der Waals surface area (Å²) < 4.78 is 0. The molecule has 3 N–H and O–H groups in total. The number of carbonyl (C=O) groups is 1. The van der Waals surface area contributed by atoms with Crippen molar-refractivity contribution in [2.75, 3.05) is 11.9 Å². The van der Waals surface area contributed by atoms with E-state index in [2.05, 4.69) is 5.16 Å². The van der Waals surface area contributed by atoms with Crippen LogP contribution in [-0.2, 0) is 0 Å². The van der Waals surface area contributed by atoms with Gasteiger partial charge in [0.15, 0.2) is 5.84 Å². The van der Waals surface area contributed by atoms with Gasteiger partial charge in [-0.1, -0.05) is 28.9 Å². The van der Waals surface area contributed by atoms with Gasteiger partial charge < -0.3 is 15.8 Å². The number of carbonyl (C=O) groups excluding carboxylic acids is 1. The van der Waals surface area contributed by atoms with E-state index in [9.17, 15) is 4.79 Å². The van der Waals surface area contributed by atoms with E-state index in [-0.39, 0.29) is 11.7 Å². The van der Waals surface area contributed by atoms with E-state index < -0.39 is 0 Å². The summed E-state index contributed by atoms with van der Waals surface area (Å²) in [5, 5.41) is 12.4. The molecular formula is C15H14ClN3O2. The Morgan fingerprint density at radius 3 is 2.43 bits per heavy atom. The van der Waals surface area contributed by atoms with Crippen LogP contribution in [0.3, 0.4) is 0 Å². The Morgan fingerprint density at radius 1 is 1.19 bits per heavy atom. The minimum atomic E-state index is -0.218. The van der Waals surface area contributed by atoms with Crippen molar-refractivity contribution in [3.8, 4) is 0 Å². The van der Waals surface area contributed by atoms with Crippen LogP contribution in [0.4, 0.5) is 5.69 Å². The molecule has 0 spiro atoms. The van der Waals surface area contributed by atoms with E-state index in [1.807, 2.05) is 0 Å². The van der Waals surface area contributed by atoms with Gasteiger partial charge in [0.05, 0.1) is 5.69 Å². The van der Waals surface area contributed by atoms with Gasteiger partial charge >= 0.3 is 0 Å². The molecule has 0 fully saturated rings. The van der Waals surface area contributed by atoms with Crippen LogP contribution in [-0.4, -0.2) is 24.0 Å². The predicted molar refractivity (Wildman–Crippen MR) is 83.1 cm³/mol. The first-order valence-corrected chi connectivity index (χ1v) is 6.53. The maximum Gasteiger partial charge on any atom is 0.258 e. The van der Waals surface area contributed by atoms with E-state index in [0.29, 0.717) is 21.8 Å². The lowest BCUT2D eigenvalue weighted by molar-refractivity contribution is 0.0993. The van der Waals surface area contributed by atoms with Crippen molar-refractivity contribution < 1.29 is 10.0 Å². The van der Waals surface area contributed by atoms with Crippen molar-refractivity contribution in [3.63, 3.8) is 0 Å². The third-order valence-corrected chi connectivity index (χ3v) is 3.30. The maximum absolute atomic E-state index is 12.5. The summed E-state index contributed by atoms with van der Waals surface area (Å²) in [6.45, 7) is 0. The number of para-hydroxylation sites is 1. The number of nitrogens with zero attached hydrogens (tertiary/aromatic N) is 2. The maximum atomic E-state index is 12.5. The average Bonchev–Trinajstić information content (AvgIpc) is 2.53. The second-order valence-corrected chi connectivity index (χ2v) is 4.81. The van der Waals surface area contributed by atoms with Gasteiger partial charge in [0.2, 0.25) is 0 Å². The first kappa shape index (κ1) is 14.9. The van der Waals surface area contributed by atoms with E-state index in [4.69, 9.17) is 22.5 Å². The van der Waals surface area contributed by atoms with Crippen LogP contribution >= 0.6 is 11.6 Å². The molecule has 0 aliphatic heterocycles. The molecule has 0 atom stereocenters. The first-order valence-electron chi connectivity index (χ1n) is 6.15. The Hall–Kier alpha value is -2.53. The Bertz CT molecular complexity index is 684. The van der Waals surface area contributed by atoms with Crippen molar-refractivity contribution >= 4 is 29.0 Å². The molecule has 21 heavy (non-hydrogen) atoms. The Balaban J connectivity index is 2.38. The molecule has 6 heteroatoms. The quantitative estimate of drug-likeness (QED) is 0.396. The summed E-state index contributed by atoms with van der Waals surface area (Å²) in [6.07, 6.45) is 0. The summed E-state index contributed by atoms with van der Waals surface area (Å²) in [7, 11) is 1.63. The number of hydrogen-bond donors (Lipinski definition) is 2. The highest BCUT2D eigenvalue weighted by Gasteiger charge is 2.17. The summed E-state index contributed by atoms with van der Waals surface area (Å²) >= 11 is 5.81. The largest absolute Gasteiger partial charge is 0.409 e. The van der Waals surface area contributed by atoms with Crippen LogP contribution < -0.4 is 10.6 Å². The third-order valence-electron chi connectivity index (χ3n) is 3.04. The number of amides is 1. The number of amidine groups is 1. The number of nitrogens with two attached hydrogens (primary N) is 1. The van der Waals surface area contributed by atoms with Crippen molar-refractivity contribution in [2.24, 2.45) is 10.9 Å². The van der Waals surface area contributed by atoms with Crippen LogP contribution in [0, 0.1) is 0 Å². The van der Waals surface area contributed by atoms with Crippen LogP contribution in [0.1, 0.15) is 15.9 Å². The lowest BCUT2D eigenvalue weighted by atomic mass is 10.1. The normalized spacial score (nSPS) is 11.2. The van der Waals surface area contributed by atoms with E-state index in [1.54, 1.807) is 55.6 Å². The van der Waals surface area contributed by atoms with Crippen molar-refractivity contribution in [1.29, 1.82) is 0 Å². The fourth-order valence-electron chi connectivity index (χ4n) is 1.93. The standard InChI is InChI=1S/C15H14ClN3O2/c1-19(15(20)10-6-8-11(16)9-7-10)13-5-3-2-4-12(13)14(17)18-21/h2-9,21H,1H3,(H2,17,18). The first-order chi connectivity index (χ1) is 10.0. The molecule has 2 aromatic carbocycles. The number of oxime groups is 1. The minimum absolute atomic E-state index is 0.0543. The molecule has 0 saturated carbocycles. The zero-order valence-electron chi connectivity index (χ0n) is 11.3. The number of hydrogen-bond acceptors (Lipinski definition) is 3. The molecule has 0 bridgehead atoms. The molecule has 0 heterocycles. The second-order valence-electron chi connectivity index (χ2n) is 4.37. The second kappa shape index (κ2) is 6.28. The Morgan fingerprint density at radius 2 is 1.81 bits per heavy atom. The van der Waals surface area contributed by atoms with Gasteiger partial charge in [0.25, 0.3) is 5.91 Å². The summed E-state index contributed by atoms with van der Waals surface area (Å²) in [5.41, 5.74) is 7.16. The van der Waals surface area contributed by atoms with Crippen molar-refractivity contribution in [2.45, 2.75) is 0 Å². The van der Waals surface area contributed by atoms with Gasteiger partial charge in [0.1, 0.15) is 0 Å². The van der Waals surface area contributed by atoms with Crippen LogP contribution in [0.2, 0.25) is 5.02 Å². The number of anilines is 1. The van der Waals surface area contributed by atoms with Crippen molar-refractivity contribution in [1.82, 2.24) is 0 Å². The summed E-state index contributed by atoms with van der Waals surface area (Å²) in [5.74, 6) is -0.272. The van der Waals surface area contributed by atoms with E-state index in [1.165, 1.54) is 4.90 Å². The topological polar surface area (TPSA) is 78.9 Å². The number of benzene rings is 2. The molecule has 0 aliphatic rings. The molecule has 0 aromatic heterocycles. The highest BCUT2D eigenvalue weighted by molar-refractivity contribution is 6.30. The minimum Gasteiger partial charge on any atom is -0.409 e. The molecule has 2 aromatic rings. The van der Waals surface area contributed by atoms with Gasteiger partial charge in [0, 0.05) is 23.2 Å². The van der Waals surface area contributed by atoms with Gasteiger partial charge in [-0.05, 0) is 36.4 Å². The van der Waals surface area contributed by atoms with E-state index in [0.717, 1.165) is 0 Å². The fourth-order valence-corrected chi connectivity index (χ4v) is 2.06. The molecule has 0 saturated heterocycles. The SMILES string of the molecule is CN(C(=O)c1ccc(Cl)cc1)c1ccccc1/C(N)=N/O. The summed E-state index contributed by atoms with van der Waals surface area (Å²) in [6, 6.07) is 13.5. The molecule has 0 unspecified atom stereocenters. The van der Waals surface area contributed by atoms with E-state index >= 15 is 0 Å². The van der Waals surface area contributed by atoms with Gasteiger partial charge in [-0.15, -0.1) is 0 Å². The van der Waals surface area contributed by atoms with Crippen LogP contribution in [0.25, 0.3) is 0 Å². The number of rotatable bonds is 3. The third kappa shape index (κ3) is 3.14. The lowest BCUT2D eigenvalue weighted by Gasteiger charge is -2.20. The molecule has 1 amide bonds. The molecule has 0 aliphatic carbocycles. The van der Waals surface area contributed by atoms with Gasteiger partial charge in [-0.3, -0.25) is 4.79 Å². The van der Waals surface area contributed by atoms with Crippen LogP contribution in [0.5, 0.6) is 0 Å². The summed E-state index contributed by atoms with van der Waals surface area (Å²) in [4.78, 5) is 13.9. The molecule has 5 nitrogen and oxygen atoms in total. The average molecular weight is 304 g/mol. The van der Waals surface area contributed by atoms with Gasteiger partial charge in [-0.25, -0.2) is 0 Å². The predicted octanol–water partition coefficient (Wildman–Crippen LogP) is 2.71. The molecule has 2 rings (SSSR count). The smallest absolute Gasteiger partial charge is 0.258 e. The lowest BCUT2D eigenvalue weighted by Crippen LogP contribution is -2.29. The molecule has 108 valence electrons. The highest BCUT2D eigenvalue weighted by atomic mass is 35.5. The zero-order chi connectivity index (χ0) is 15.4. The Kier molecular flexibility index (Phi) is 4.45. The monoisotopic (exact) mass is 303 g/mol. The zero-order valence-corrected chi connectivity index (χ0v) is 12.1. The molecule has 0 radical (unpaired) electrons. The molecular weight excluding hydrogens is 290 g/mol. The van der Waals surface area contributed by atoms with Crippen LogP contribution in [0.15, 0.2) is 53.7 Å².